The van der Waals surface area contributed by atoms with Gasteiger partial charge in [-0.3, -0.25) is 9.59 Å². The Morgan fingerprint density at radius 2 is 1.61 bits per heavy atom. The lowest BCUT2D eigenvalue weighted by atomic mass is 9.99. The van der Waals surface area contributed by atoms with Crippen LogP contribution in [0.25, 0.3) is 0 Å². The van der Waals surface area contributed by atoms with Gasteiger partial charge in [0.15, 0.2) is 11.5 Å². The number of carbonyl (C=O) groups excluding carboxylic acids is 2. The van der Waals surface area contributed by atoms with Crippen LogP contribution in [-0.2, 0) is 11.2 Å². The van der Waals surface area contributed by atoms with Crippen molar-refractivity contribution >= 4 is 23.2 Å². The lowest BCUT2D eigenvalue weighted by Gasteiger charge is -2.31. The van der Waals surface area contributed by atoms with E-state index in [0.29, 0.717) is 48.3 Å². The summed E-state index contributed by atoms with van der Waals surface area (Å²) in [4.78, 5) is 27.5. The highest BCUT2D eigenvalue weighted by atomic mass is 16.5. The highest BCUT2D eigenvalue weighted by Crippen LogP contribution is 2.39. The fraction of sp³-hybridized carbons (Fsp3) is 0.462. The molecule has 2 aromatic rings. The third-order valence-electron chi connectivity index (χ3n) is 5.39. The van der Waals surface area contributed by atoms with Gasteiger partial charge in [0, 0.05) is 29.4 Å². The third-order valence-corrected chi connectivity index (χ3v) is 5.39. The van der Waals surface area contributed by atoms with Gasteiger partial charge in [0.1, 0.15) is 0 Å². The maximum atomic E-state index is 13.1. The quantitative estimate of drug-likeness (QED) is 0.572. The van der Waals surface area contributed by atoms with E-state index in [1.807, 2.05) is 57.7 Å². The zero-order valence-electron chi connectivity index (χ0n) is 20.2. The fourth-order valence-electron chi connectivity index (χ4n) is 3.94. The normalized spacial score (nSPS) is 12.8. The number of carbonyl (C=O) groups is 2. The zero-order valence-corrected chi connectivity index (χ0v) is 20.2. The van der Waals surface area contributed by atoms with E-state index in [-0.39, 0.29) is 17.7 Å². The highest BCUT2D eigenvalue weighted by molar-refractivity contribution is 6.05. The molecule has 7 nitrogen and oxygen atoms in total. The van der Waals surface area contributed by atoms with Crippen molar-refractivity contribution in [3.63, 3.8) is 0 Å². The van der Waals surface area contributed by atoms with E-state index in [2.05, 4.69) is 5.32 Å². The maximum Gasteiger partial charge on any atom is 0.255 e. The SMILES string of the molecule is CCOc1cc(C(=O)Nc2ccc3c(c2)CCCN3C(=O)C(C)C)cc(OCC)c1OCC. The van der Waals surface area contributed by atoms with Gasteiger partial charge in [-0.05, 0) is 69.5 Å². The Morgan fingerprint density at radius 1 is 0.970 bits per heavy atom. The molecule has 3 rings (SSSR count). The second-order valence-corrected chi connectivity index (χ2v) is 8.15. The summed E-state index contributed by atoms with van der Waals surface area (Å²) in [5.74, 6) is 1.24. The standard InChI is InChI=1S/C26H34N2O5/c1-6-31-22-15-19(16-23(32-7-2)24(22)33-8-3)25(29)27-20-11-12-21-18(14-20)10-9-13-28(21)26(30)17(4)5/h11-12,14-17H,6-10,13H2,1-5H3,(H,27,29). The van der Waals surface area contributed by atoms with E-state index in [1.165, 1.54) is 0 Å². The van der Waals surface area contributed by atoms with Crippen LogP contribution in [0.15, 0.2) is 30.3 Å². The molecule has 1 N–H and O–H groups in total. The molecule has 7 heteroatoms. The summed E-state index contributed by atoms with van der Waals surface area (Å²) in [5, 5.41) is 2.97. The summed E-state index contributed by atoms with van der Waals surface area (Å²) in [5.41, 5.74) is 3.09. The van der Waals surface area contributed by atoms with Crippen molar-refractivity contribution in [2.75, 3.05) is 36.6 Å². The van der Waals surface area contributed by atoms with E-state index in [9.17, 15) is 9.59 Å². The molecule has 0 fully saturated rings. The summed E-state index contributed by atoms with van der Waals surface area (Å²) in [6.07, 6.45) is 1.77. The van der Waals surface area contributed by atoms with Gasteiger partial charge in [0.25, 0.3) is 5.91 Å². The number of nitrogens with one attached hydrogen (secondary N) is 1. The van der Waals surface area contributed by atoms with Gasteiger partial charge in [-0.2, -0.15) is 0 Å². The summed E-state index contributed by atoms with van der Waals surface area (Å²) >= 11 is 0. The van der Waals surface area contributed by atoms with Crippen molar-refractivity contribution in [3.05, 3.63) is 41.5 Å². The molecule has 0 spiro atoms. The molecule has 0 saturated heterocycles. The summed E-state index contributed by atoms with van der Waals surface area (Å²) in [6.45, 7) is 11.5. The monoisotopic (exact) mass is 454 g/mol. The van der Waals surface area contributed by atoms with Crippen molar-refractivity contribution < 1.29 is 23.8 Å². The minimum atomic E-state index is -0.272. The van der Waals surface area contributed by atoms with Crippen molar-refractivity contribution in [1.82, 2.24) is 0 Å². The van der Waals surface area contributed by atoms with Gasteiger partial charge >= 0.3 is 0 Å². The first-order valence-corrected chi connectivity index (χ1v) is 11.7. The molecular formula is C26H34N2O5. The number of hydrogen-bond acceptors (Lipinski definition) is 5. The number of nitrogens with zero attached hydrogens (tertiary/aromatic N) is 1. The topological polar surface area (TPSA) is 77.1 Å². The van der Waals surface area contributed by atoms with E-state index in [0.717, 1.165) is 30.6 Å². The number of ether oxygens (including phenoxy) is 3. The molecule has 1 aliphatic rings. The van der Waals surface area contributed by atoms with Crippen molar-refractivity contribution in [3.8, 4) is 17.2 Å². The molecule has 0 radical (unpaired) electrons. The Labute approximate surface area is 196 Å². The van der Waals surface area contributed by atoms with Crippen LogP contribution in [0.5, 0.6) is 17.2 Å². The third kappa shape index (κ3) is 5.59. The average Bonchev–Trinajstić information content (AvgIpc) is 2.80. The molecule has 0 bridgehead atoms. The van der Waals surface area contributed by atoms with Crippen molar-refractivity contribution in [1.29, 1.82) is 0 Å². The smallest absolute Gasteiger partial charge is 0.255 e. The number of anilines is 2. The Morgan fingerprint density at radius 3 is 2.18 bits per heavy atom. The van der Waals surface area contributed by atoms with Crippen LogP contribution in [0.4, 0.5) is 11.4 Å². The second-order valence-electron chi connectivity index (χ2n) is 8.15. The van der Waals surface area contributed by atoms with Crippen LogP contribution in [-0.4, -0.2) is 38.2 Å². The van der Waals surface area contributed by atoms with Crippen LogP contribution in [0.1, 0.15) is 57.0 Å². The van der Waals surface area contributed by atoms with Gasteiger partial charge in [-0.25, -0.2) is 0 Å². The number of hydrogen-bond donors (Lipinski definition) is 1. The number of aryl methyl sites for hydroxylation is 1. The van der Waals surface area contributed by atoms with Crippen LogP contribution in [0.3, 0.4) is 0 Å². The van der Waals surface area contributed by atoms with Crippen LogP contribution < -0.4 is 24.4 Å². The molecule has 2 amide bonds. The second kappa shape index (κ2) is 11.1. The van der Waals surface area contributed by atoms with E-state index < -0.39 is 0 Å². The minimum Gasteiger partial charge on any atom is -0.490 e. The molecular weight excluding hydrogens is 420 g/mol. The molecule has 178 valence electrons. The minimum absolute atomic E-state index is 0.0611. The van der Waals surface area contributed by atoms with Gasteiger partial charge in [-0.1, -0.05) is 13.8 Å². The average molecular weight is 455 g/mol. The highest BCUT2D eigenvalue weighted by Gasteiger charge is 2.25. The number of rotatable bonds is 9. The van der Waals surface area contributed by atoms with Gasteiger partial charge in [-0.15, -0.1) is 0 Å². The summed E-state index contributed by atoms with van der Waals surface area (Å²) in [7, 11) is 0. The first-order chi connectivity index (χ1) is 15.9. The predicted molar refractivity (Wildman–Crippen MR) is 130 cm³/mol. The molecule has 0 aliphatic carbocycles. The van der Waals surface area contributed by atoms with E-state index in [1.54, 1.807) is 12.1 Å². The predicted octanol–water partition coefficient (Wildman–Crippen LogP) is 5.07. The maximum absolute atomic E-state index is 13.1. The molecule has 33 heavy (non-hydrogen) atoms. The molecule has 2 aromatic carbocycles. The van der Waals surface area contributed by atoms with Crippen molar-refractivity contribution in [2.45, 2.75) is 47.5 Å². The Kier molecular flexibility index (Phi) is 8.20. The molecule has 1 aliphatic heterocycles. The lowest BCUT2D eigenvalue weighted by molar-refractivity contribution is -0.121. The van der Waals surface area contributed by atoms with Crippen LogP contribution >= 0.6 is 0 Å². The Hall–Kier alpha value is -3.22. The van der Waals surface area contributed by atoms with E-state index in [4.69, 9.17) is 14.2 Å². The molecule has 1 heterocycles. The molecule has 0 aromatic heterocycles. The summed E-state index contributed by atoms with van der Waals surface area (Å²) in [6, 6.07) is 9.06. The zero-order chi connectivity index (χ0) is 24.0. The number of fused-ring (bicyclic) bond motifs is 1. The number of amides is 2. The van der Waals surface area contributed by atoms with Crippen LogP contribution in [0.2, 0.25) is 0 Å². The molecule has 0 unspecified atom stereocenters. The molecule has 0 atom stereocenters. The Balaban J connectivity index is 1.87. The lowest BCUT2D eigenvalue weighted by Crippen LogP contribution is -2.38. The Bertz CT molecular complexity index is 975. The van der Waals surface area contributed by atoms with Gasteiger partial charge in [0.05, 0.1) is 19.8 Å². The summed E-state index contributed by atoms with van der Waals surface area (Å²) < 4.78 is 17.2. The fourth-order valence-corrected chi connectivity index (χ4v) is 3.94. The number of benzene rings is 2. The van der Waals surface area contributed by atoms with Crippen molar-refractivity contribution in [2.24, 2.45) is 5.92 Å². The van der Waals surface area contributed by atoms with Gasteiger partial charge in [0.2, 0.25) is 11.7 Å². The first-order valence-electron chi connectivity index (χ1n) is 11.7. The van der Waals surface area contributed by atoms with Crippen LogP contribution in [0, 0.1) is 5.92 Å². The van der Waals surface area contributed by atoms with E-state index >= 15 is 0 Å². The first kappa shape index (κ1) is 24.4. The molecule has 0 saturated carbocycles. The largest absolute Gasteiger partial charge is 0.490 e. The van der Waals surface area contributed by atoms with Gasteiger partial charge < -0.3 is 24.4 Å².